The summed E-state index contributed by atoms with van der Waals surface area (Å²) in [4.78, 5) is 5.03. The maximum atomic E-state index is 6.27. The molecule has 19 heavy (non-hydrogen) atoms. The lowest BCUT2D eigenvalue weighted by Gasteiger charge is -2.55. The number of aliphatic imine (C=N–C) groups is 1. The molecule has 4 fully saturated rings. The van der Waals surface area contributed by atoms with Gasteiger partial charge in [-0.15, -0.1) is 0 Å². The van der Waals surface area contributed by atoms with E-state index in [1.165, 1.54) is 38.5 Å². The number of hydrogen-bond donors (Lipinski definition) is 1. The van der Waals surface area contributed by atoms with E-state index in [0.29, 0.717) is 0 Å². The number of nitrogens with two attached hydrogens (primary N) is 1. The first kappa shape index (κ1) is 11.5. The normalized spacial score (nSPS) is 40.6. The van der Waals surface area contributed by atoms with E-state index in [2.05, 4.69) is 12.1 Å². The Balaban J connectivity index is 1.65. The predicted octanol–water partition coefficient (Wildman–Crippen LogP) is 3.36. The standard InChI is InChI=1S/C17H22N2/c18-16(15-4-2-1-3-5-15)19-17-9-12-6-13(10-17)8-14(7-12)11-17/h1-5,12-14H,6-11H2,(H2,18,19). The lowest BCUT2D eigenvalue weighted by atomic mass is 9.53. The monoisotopic (exact) mass is 254 g/mol. The van der Waals surface area contributed by atoms with Crippen LogP contribution in [0.25, 0.3) is 0 Å². The van der Waals surface area contributed by atoms with Crippen LogP contribution in [-0.2, 0) is 0 Å². The van der Waals surface area contributed by atoms with Crippen LogP contribution in [0.2, 0.25) is 0 Å². The highest BCUT2D eigenvalue weighted by atomic mass is 15.0. The molecule has 4 bridgehead atoms. The molecule has 100 valence electrons. The van der Waals surface area contributed by atoms with Gasteiger partial charge in [0, 0.05) is 5.56 Å². The van der Waals surface area contributed by atoms with Crippen LogP contribution in [0.4, 0.5) is 0 Å². The Morgan fingerprint density at radius 2 is 1.47 bits per heavy atom. The van der Waals surface area contributed by atoms with E-state index in [1.807, 2.05) is 18.2 Å². The van der Waals surface area contributed by atoms with Crippen molar-refractivity contribution in [2.24, 2.45) is 28.5 Å². The SMILES string of the molecule is NC(=NC12CC3CC(CC(C3)C1)C2)c1ccccc1. The lowest BCUT2D eigenvalue weighted by molar-refractivity contribution is 0.00166. The summed E-state index contributed by atoms with van der Waals surface area (Å²) in [5.41, 5.74) is 7.54. The van der Waals surface area contributed by atoms with Crippen molar-refractivity contribution in [1.29, 1.82) is 0 Å². The van der Waals surface area contributed by atoms with Crippen molar-refractivity contribution in [1.82, 2.24) is 0 Å². The molecule has 0 heterocycles. The fourth-order valence-electron chi connectivity index (χ4n) is 5.13. The second-order valence-corrected chi connectivity index (χ2v) is 7.00. The van der Waals surface area contributed by atoms with Crippen LogP contribution in [0, 0.1) is 17.8 Å². The number of nitrogens with zero attached hydrogens (tertiary/aromatic N) is 1. The number of amidine groups is 1. The van der Waals surface area contributed by atoms with Crippen molar-refractivity contribution < 1.29 is 0 Å². The largest absolute Gasteiger partial charge is 0.383 e. The molecule has 2 nitrogen and oxygen atoms in total. The molecule has 2 heteroatoms. The molecule has 0 spiro atoms. The summed E-state index contributed by atoms with van der Waals surface area (Å²) in [5, 5.41) is 0. The van der Waals surface area contributed by atoms with Crippen LogP contribution in [0.1, 0.15) is 44.1 Å². The highest BCUT2D eigenvalue weighted by Gasteiger charge is 2.51. The first-order valence-corrected chi connectivity index (χ1v) is 7.63. The lowest BCUT2D eigenvalue weighted by Crippen LogP contribution is -2.50. The average molecular weight is 254 g/mol. The van der Waals surface area contributed by atoms with Gasteiger partial charge in [0.1, 0.15) is 5.84 Å². The summed E-state index contributed by atoms with van der Waals surface area (Å²) < 4.78 is 0. The molecule has 0 aliphatic heterocycles. The fraction of sp³-hybridized carbons (Fsp3) is 0.588. The first-order valence-electron chi connectivity index (χ1n) is 7.63. The molecule has 4 saturated carbocycles. The number of benzene rings is 1. The topological polar surface area (TPSA) is 38.4 Å². The number of hydrogen-bond acceptors (Lipinski definition) is 1. The van der Waals surface area contributed by atoms with E-state index in [-0.39, 0.29) is 5.54 Å². The first-order chi connectivity index (χ1) is 9.22. The van der Waals surface area contributed by atoms with Gasteiger partial charge in [0.2, 0.25) is 0 Å². The molecule has 0 saturated heterocycles. The third kappa shape index (κ3) is 1.98. The van der Waals surface area contributed by atoms with Crippen molar-refractivity contribution >= 4 is 5.84 Å². The van der Waals surface area contributed by atoms with Crippen molar-refractivity contribution in [2.75, 3.05) is 0 Å². The van der Waals surface area contributed by atoms with Crippen molar-refractivity contribution in [3.05, 3.63) is 35.9 Å². The molecule has 4 aliphatic rings. The zero-order chi connectivity index (χ0) is 12.9. The van der Waals surface area contributed by atoms with Gasteiger partial charge in [-0.25, -0.2) is 0 Å². The van der Waals surface area contributed by atoms with Crippen LogP contribution in [0.15, 0.2) is 35.3 Å². The van der Waals surface area contributed by atoms with Gasteiger partial charge in [-0.1, -0.05) is 30.3 Å². The minimum atomic E-state index is 0.189. The molecule has 4 aliphatic carbocycles. The second-order valence-electron chi connectivity index (χ2n) is 7.00. The van der Waals surface area contributed by atoms with Gasteiger partial charge in [-0.05, 0) is 56.3 Å². The third-order valence-corrected chi connectivity index (χ3v) is 5.43. The zero-order valence-corrected chi connectivity index (χ0v) is 11.4. The minimum Gasteiger partial charge on any atom is -0.383 e. The minimum absolute atomic E-state index is 0.189. The van der Waals surface area contributed by atoms with Gasteiger partial charge in [-0.2, -0.15) is 0 Å². The van der Waals surface area contributed by atoms with Crippen LogP contribution >= 0.6 is 0 Å². The summed E-state index contributed by atoms with van der Waals surface area (Å²) in [5.74, 6) is 3.54. The van der Waals surface area contributed by atoms with E-state index in [1.54, 1.807) is 0 Å². The Labute approximate surface area is 115 Å². The van der Waals surface area contributed by atoms with Gasteiger partial charge in [0.15, 0.2) is 0 Å². The Bertz CT molecular complexity index is 468. The maximum absolute atomic E-state index is 6.27. The van der Waals surface area contributed by atoms with Crippen LogP contribution in [0.3, 0.4) is 0 Å². The summed E-state index contributed by atoms with van der Waals surface area (Å²) in [6.07, 6.45) is 8.23. The molecule has 0 aromatic heterocycles. The van der Waals surface area contributed by atoms with E-state index >= 15 is 0 Å². The summed E-state index contributed by atoms with van der Waals surface area (Å²) >= 11 is 0. The van der Waals surface area contributed by atoms with Crippen molar-refractivity contribution in [3.8, 4) is 0 Å². The summed E-state index contributed by atoms with van der Waals surface area (Å²) in [7, 11) is 0. The smallest absolute Gasteiger partial charge is 0.126 e. The van der Waals surface area contributed by atoms with Gasteiger partial charge >= 0.3 is 0 Å². The summed E-state index contributed by atoms with van der Waals surface area (Å²) in [6, 6.07) is 10.2. The van der Waals surface area contributed by atoms with E-state index < -0.39 is 0 Å². The molecule has 2 N–H and O–H groups in total. The predicted molar refractivity (Wildman–Crippen MR) is 78.1 cm³/mol. The van der Waals surface area contributed by atoms with Gasteiger partial charge < -0.3 is 5.73 Å². The van der Waals surface area contributed by atoms with Crippen LogP contribution < -0.4 is 5.73 Å². The average Bonchev–Trinajstić information content (AvgIpc) is 2.37. The molecule has 1 aromatic rings. The van der Waals surface area contributed by atoms with Gasteiger partial charge in [0.25, 0.3) is 0 Å². The Hall–Kier alpha value is -1.31. The quantitative estimate of drug-likeness (QED) is 0.638. The second kappa shape index (κ2) is 4.09. The maximum Gasteiger partial charge on any atom is 0.126 e. The molecule has 0 radical (unpaired) electrons. The Kier molecular flexibility index (Phi) is 2.48. The van der Waals surface area contributed by atoms with E-state index in [0.717, 1.165) is 29.2 Å². The Morgan fingerprint density at radius 1 is 0.947 bits per heavy atom. The highest BCUT2D eigenvalue weighted by molar-refractivity contribution is 5.97. The summed E-state index contributed by atoms with van der Waals surface area (Å²) in [6.45, 7) is 0. The third-order valence-electron chi connectivity index (χ3n) is 5.43. The molecule has 0 atom stereocenters. The Morgan fingerprint density at radius 3 is 2.00 bits per heavy atom. The fourth-order valence-corrected chi connectivity index (χ4v) is 5.13. The molecular weight excluding hydrogens is 232 g/mol. The molecule has 1 aromatic carbocycles. The molecule has 0 amide bonds. The molecule has 0 unspecified atom stereocenters. The van der Waals surface area contributed by atoms with E-state index in [4.69, 9.17) is 10.7 Å². The van der Waals surface area contributed by atoms with Crippen molar-refractivity contribution in [2.45, 2.75) is 44.1 Å². The van der Waals surface area contributed by atoms with Crippen LogP contribution in [-0.4, -0.2) is 11.4 Å². The van der Waals surface area contributed by atoms with Crippen molar-refractivity contribution in [3.63, 3.8) is 0 Å². The van der Waals surface area contributed by atoms with Crippen LogP contribution in [0.5, 0.6) is 0 Å². The zero-order valence-electron chi connectivity index (χ0n) is 11.4. The van der Waals surface area contributed by atoms with E-state index in [9.17, 15) is 0 Å². The molecular formula is C17H22N2. The number of rotatable bonds is 2. The van der Waals surface area contributed by atoms with Gasteiger partial charge in [-0.3, -0.25) is 4.99 Å². The highest BCUT2D eigenvalue weighted by Crippen LogP contribution is 2.57. The van der Waals surface area contributed by atoms with Gasteiger partial charge in [0.05, 0.1) is 5.54 Å². The molecule has 5 rings (SSSR count).